The molecule has 0 aliphatic rings. The lowest BCUT2D eigenvalue weighted by Gasteiger charge is -2.08. The summed E-state index contributed by atoms with van der Waals surface area (Å²) in [6.07, 6.45) is 0.278. The van der Waals surface area contributed by atoms with E-state index in [-0.39, 0.29) is 0 Å². The van der Waals surface area contributed by atoms with Crippen LogP contribution in [0.4, 0.5) is 4.79 Å². The summed E-state index contributed by atoms with van der Waals surface area (Å²) in [4.78, 5) is 10.6. The van der Waals surface area contributed by atoms with Gasteiger partial charge in [0.15, 0.2) is 5.56 Å². The topological polar surface area (TPSA) is 75.6 Å². The van der Waals surface area contributed by atoms with Crippen molar-refractivity contribution < 1.29 is 18.3 Å². The third-order valence-corrected chi connectivity index (χ3v) is 1.57. The van der Waals surface area contributed by atoms with Gasteiger partial charge in [-0.25, -0.2) is 13.7 Å². The molecule has 2 unspecified atom stereocenters. The summed E-state index contributed by atoms with van der Waals surface area (Å²) in [5.74, 6) is 0. The maximum atomic E-state index is 10.6. The molecule has 7 heteroatoms. The molecule has 72 valence electrons. The number of amides is 1. The Morgan fingerprint density at radius 2 is 2.42 bits per heavy atom. The van der Waals surface area contributed by atoms with Gasteiger partial charge >= 0.3 is 6.09 Å². The second kappa shape index (κ2) is 6.22. The summed E-state index contributed by atoms with van der Waals surface area (Å²) < 4.78 is 24.3. The highest BCUT2D eigenvalue weighted by molar-refractivity contribution is 7.77. The molecule has 0 spiro atoms. The number of carbonyl (C=O) groups excluding carboxylic acids is 1. The van der Waals surface area contributed by atoms with Crippen molar-refractivity contribution in [3.05, 3.63) is 0 Å². The molecule has 0 fully saturated rings. The van der Waals surface area contributed by atoms with E-state index in [1.54, 1.807) is 4.72 Å². The van der Waals surface area contributed by atoms with E-state index in [0.29, 0.717) is 6.42 Å². The molecule has 0 aromatic rings. The van der Waals surface area contributed by atoms with Gasteiger partial charge in [-0.05, 0) is 6.42 Å². The van der Waals surface area contributed by atoms with E-state index in [2.05, 4.69) is 4.74 Å². The fourth-order valence-corrected chi connectivity index (χ4v) is 0.987. The molecule has 0 saturated carbocycles. The highest BCUT2D eigenvalue weighted by Crippen LogP contribution is 2.06. The summed E-state index contributed by atoms with van der Waals surface area (Å²) in [5.41, 5.74) is -0.751. The first-order chi connectivity index (χ1) is 5.56. The molecular formula is C5H10ClNO4S. The van der Waals surface area contributed by atoms with Crippen molar-refractivity contribution in [3.63, 3.8) is 0 Å². The van der Waals surface area contributed by atoms with Crippen molar-refractivity contribution in [2.45, 2.75) is 25.3 Å². The quantitative estimate of drug-likeness (QED) is 0.546. The fourth-order valence-electron chi connectivity index (χ4n) is 0.497. The van der Waals surface area contributed by atoms with Crippen LogP contribution in [-0.4, -0.2) is 20.4 Å². The Kier molecular flexibility index (Phi) is 6.04. The molecule has 2 N–H and O–H groups in total. The van der Waals surface area contributed by atoms with E-state index >= 15 is 0 Å². The first-order valence-corrected chi connectivity index (χ1v) is 4.82. The predicted octanol–water partition coefficient (Wildman–Crippen LogP) is 1.21. The van der Waals surface area contributed by atoms with Gasteiger partial charge in [-0.1, -0.05) is 24.9 Å². The van der Waals surface area contributed by atoms with Gasteiger partial charge in [0.05, 0.1) is 0 Å². The molecule has 0 saturated heterocycles. The largest absolute Gasteiger partial charge is 0.429 e. The summed E-state index contributed by atoms with van der Waals surface area (Å²) >= 11 is 3.10. The number of halogens is 1. The average Bonchev–Trinajstić information content (AvgIpc) is 1.84. The smallest absolute Gasteiger partial charge is 0.422 e. The van der Waals surface area contributed by atoms with Gasteiger partial charge in [-0.2, -0.15) is 0 Å². The molecule has 0 rings (SSSR count). The van der Waals surface area contributed by atoms with Crippen LogP contribution < -0.4 is 4.72 Å². The molecular weight excluding hydrogens is 206 g/mol. The molecule has 0 aliphatic carbocycles. The van der Waals surface area contributed by atoms with Crippen LogP contribution in [0.25, 0.3) is 0 Å². The lowest BCUT2D eigenvalue weighted by Crippen LogP contribution is -2.28. The molecule has 0 aromatic heterocycles. The average molecular weight is 216 g/mol. The lowest BCUT2D eigenvalue weighted by molar-refractivity contribution is 0.135. The Bertz CT molecular complexity index is 177. The number of ether oxygens (including phenoxy) is 1. The summed E-state index contributed by atoms with van der Waals surface area (Å²) in [6, 6.07) is 0. The Morgan fingerprint density at radius 3 is 2.83 bits per heavy atom. The van der Waals surface area contributed by atoms with Crippen LogP contribution in [0.1, 0.15) is 19.8 Å². The van der Waals surface area contributed by atoms with Crippen molar-refractivity contribution in [3.8, 4) is 0 Å². The third kappa shape index (κ3) is 6.38. The van der Waals surface area contributed by atoms with Crippen molar-refractivity contribution in [1.29, 1.82) is 0 Å². The second-order valence-electron chi connectivity index (χ2n) is 1.96. The number of nitrogens with one attached hydrogen (secondary N) is 1. The minimum Gasteiger partial charge on any atom is -0.429 e. The molecule has 5 nitrogen and oxygen atoms in total. The van der Waals surface area contributed by atoms with Gasteiger partial charge in [-0.15, -0.1) is 0 Å². The number of hydrogen-bond donors (Lipinski definition) is 2. The predicted molar refractivity (Wildman–Crippen MR) is 44.9 cm³/mol. The zero-order valence-electron chi connectivity index (χ0n) is 6.45. The van der Waals surface area contributed by atoms with Crippen LogP contribution in [0, 0.1) is 0 Å². The van der Waals surface area contributed by atoms with Gasteiger partial charge in [0.2, 0.25) is 0 Å². The van der Waals surface area contributed by atoms with E-state index in [4.69, 9.17) is 16.2 Å². The number of alkyl halides is 1. The molecule has 2 atom stereocenters. The Balaban J connectivity index is 3.61. The monoisotopic (exact) mass is 215 g/mol. The van der Waals surface area contributed by atoms with Crippen molar-refractivity contribution >= 4 is 29.0 Å². The van der Waals surface area contributed by atoms with Crippen molar-refractivity contribution in [2.24, 2.45) is 0 Å². The minimum atomic E-state index is -2.40. The molecule has 1 amide bonds. The molecule has 0 aliphatic heterocycles. The van der Waals surface area contributed by atoms with E-state index in [9.17, 15) is 9.00 Å². The van der Waals surface area contributed by atoms with Crippen LogP contribution in [-0.2, 0) is 16.0 Å². The summed E-state index contributed by atoms with van der Waals surface area (Å²) in [5, 5.41) is 0. The number of hydrogen-bond acceptors (Lipinski definition) is 3. The molecule has 0 bridgehead atoms. The first kappa shape index (κ1) is 11.7. The zero-order chi connectivity index (χ0) is 9.56. The van der Waals surface area contributed by atoms with Crippen LogP contribution >= 0.6 is 11.6 Å². The van der Waals surface area contributed by atoms with Crippen molar-refractivity contribution in [1.82, 2.24) is 4.72 Å². The lowest BCUT2D eigenvalue weighted by atomic mass is 10.4. The summed E-state index contributed by atoms with van der Waals surface area (Å²) in [7, 11) is 0. The number of carbonyl (C=O) groups is 1. The van der Waals surface area contributed by atoms with Crippen LogP contribution in [0.3, 0.4) is 0 Å². The van der Waals surface area contributed by atoms with Gasteiger partial charge in [0.25, 0.3) is 11.3 Å². The van der Waals surface area contributed by atoms with Gasteiger partial charge in [0, 0.05) is 0 Å². The summed E-state index contributed by atoms with van der Waals surface area (Å²) in [6.45, 7) is 1.88. The van der Waals surface area contributed by atoms with Crippen LogP contribution in [0.5, 0.6) is 0 Å². The molecule has 0 aromatic carbocycles. The van der Waals surface area contributed by atoms with E-state index in [1.807, 2.05) is 6.92 Å². The Labute approximate surface area is 77.8 Å². The Hall–Kier alpha value is -0.330. The first-order valence-electron chi connectivity index (χ1n) is 3.28. The second-order valence-corrected chi connectivity index (χ2v) is 3.14. The van der Waals surface area contributed by atoms with Gasteiger partial charge in [0.1, 0.15) is 0 Å². The maximum Gasteiger partial charge on any atom is 0.422 e. The Morgan fingerprint density at radius 1 is 1.83 bits per heavy atom. The normalized spacial score (nSPS) is 14.9. The van der Waals surface area contributed by atoms with E-state index in [0.717, 1.165) is 6.42 Å². The third-order valence-electron chi connectivity index (χ3n) is 0.921. The zero-order valence-corrected chi connectivity index (χ0v) is 8.02. The van der Waals surface area contributed by atoms with Gasteiger partial charge < -0.3 is 4.74 Å². The van der Waals surface area contributed by atoms with Crippen LogP contribution in [0.2, 0.25) is 0 Å². The minimum absolute atomic E-state index is 0.507. The molecule has 12 heavy (non-hydrogen) atoms. The molecule has 0 radical (unpaired) electrons. The van der Waals surface area contributed by atoms with Crippen molar-refractivity contribution in [2.75, 3.05) is 0 Å². The van der Waals surface area contributed by atoms with Crippen LogP contribution in [0.15, 0.2) is 0 Å². The SMILES string of the molecule is CCCC(Cl)OC(=O)NS(=O)O. The maximum absolute atomic E-state index is 10.6. The number of rotatable bonds is 4. The van der Waals surface area contributed by atoms with Gasteiger partial charge in [-0.3, -0.25) is 4.55 Å². The standard InChI is InChI=1S/C5H10ClNO4S/c1-2-3-4(6)11-5(8)7-12(9)10/h4H,2-3H2,1H3,(H,7,8)(H,9,10). The highest BCUT2D eigenvalue weighted by Gasteiger charge is 2.10. The van der Waals surface area contributed by atoms with E-state index in [1.165, 1.54) is 0 Å². The molecule has 0 heterocycles. The highest BCUT2D eigenvalue weighted by atomic mass is 35.5. The fraction of sp³-hybridized carbons (Fsp3) is 0.800. The van der Waals surface area contributed by atoms with E-state index < -0.39 is 22.9 Å².